The van der Waals surface area contributed by atoms with Crippen molar-refractivity contribution in [2.24, 2.45) is 0 Å². The fourth-order valence-corrected chi connectivity index (χ4v) is 1.52. The topological polar surface area (TPSA) is 44.5 Å². The van der Waals surface area contributed by atoms with E-state index < -0.39 is 0 Å². The molecule has 0 bridgehead atoms. The lowest BCUT2D eigenvalue weighted by molar-refractivity contribution is 0.297. The number of halogens is 1. The normalized spacial score (nSPS) is 15.2. The summed E-state index contributed by atoms with van der Waals surface area (Å²) >= 11 is 5.93. The van der Waals surface area contributed by atoms with Crippen LogP contribution in [-0.4, -0.2) is 13.2 Å². The van der Waals surface area contributed by atoms with E-state index in [4.69, 9.17) is 26.8 Å². The van der Waals surface area contributed by atoms with Crippen LogP contribution in [0.5, 0.6) is 11.5 Å². The summed E-state index contributed by atoms with van der Waals surface area (Å²) in [5.41, 5.74) is 6.21. The Morgan fingerprint density at radius 2 is 2.00 bits per heavy atom. The number of benzene rings is 1. The molecule has 0 amide bonds. The first-order valence-corrected chi connectivity index (χ1v) is 4.50. The molecule has 70 valence electrons. The van der Waals surface area contributed by atoms with Crippen molar-refractivity contribution < 1.29 is 9.47 Å². The molecule has 0 aromatic heterocycles. The highest BCUT2D eigenvalue weighted by Crippen LogP contribution is 2.38. The predicted molar refractivity (Wildman–Crippen MR) is 51.5 cm³/mol. The molecule has 1 heterocycles. The largest absolute Gasteiger partial charge is 0.489 e. The third-order valence-corrected chi connectivity index (χ3v) is 2.11. The minimum absolute atomic E-state index is 0.511. The fourth-order valence-electron chi connectivity index (χ4n) is 1.25. The number of hydrogen-bond donors (Lipinski definition) is 1. The Bertz CT molecular complexity index is 328. The molecule has 1 aromatic rings. The van der Waals surface area contributed by atoms with E-state index in [1.165, 1.54) is 0 Å². The minimum Gasteiger partial charge on any atom is -0.489 e. The highest BCUT2D eigenvalue weighted by molar-refractivity contribution is 6.32. The van der Waals surface area contributed by atoms with Crippen LogP contribution in [0, 0.1) is 0 Å². The molecule has 0 atom stereocenters. The summed E-state index contributed by atoms with van der Waals surface area (Å²) < 4.78 is 10.8. The summed E-state index contributed by atoms with van der Waals surface area (Å²) in [4.78, 5) is 0. The first-order chi connectivity index (χ1) is 6.27. The van der Waals surface area contributed by atoms with Crippen LogP contribution in [0.1, 0.15) is 6.42 Å². The molecule has 1 aliphatic rings. The predicted octanol–water partition coefficient (Wildman–Crippen LogP) is 2.08. The van der Waals surface area contributed by atoms with Gasteiger partial charge in [-0.05, 0) is 6.07 Å². The molecule has 2 N–H and O–H groups in total. The Morgan fingerprint density at radius 1 is 1.23 bits per heavy atom. The number of rotatable bonds is 0. The van der Waals surface area contributed by atoms with E-state index in [1.54, 1.807) is 12.1 Å². The van der Waals surface area contributed by atoms with E-state index in [0.29, 0.717) is 35.4 Å². The van der Waals surface area contributed by atoms with E-state index in [-0.39, 0.29) is 0 Å². The van der Waals surface area contributed by atoms with Crippen molar-refractivity contribution in [2.45, 2.75) is 6.42 Å². The summed E-state index contributed by atoms with van der Waals surface area (Å²) in [7, 11) is 0. The maximum absolute atomic E-state index is 5.93. The van der Waals surface area contributed by atoms with E-state index in [0.717, 1.165) is 6.42 Å². The van der Waals surface area contributed by atoms with Gasteiger partial charge in [0.1, 0.15) is 0 Å². The van der Waals surface area contributed by atoms with Crippen LogP contribution >= 0.6 is 11.6 Å². The molecule has 0 saturated carbocycles. The standard InChI is InChI=1S/C9H10ClNO2/c10-7-4-6(11)5-8-9(7)13-3-1-2-12-8/h4-5H,1-3,11H2. The second kappa shape index (κ2) is 3.34. The molecule has 1 aromatic carbocycles. The lowest BCUT2D eigenvalue weighted by Crippen LogP contribution is -1.97. The van der Waals surface area contributed by atoms with E-state index in [2.05, 4.69) is 0 Å². The maximum atomic E-state index is 5.93. The quantitative estimate of drug-likeness (QED) is 0.651. The number of hydrogen-bond acceptors (Lipinski definition) is 3. The Kier molecular flexibility index (Phi) is 2.19. The monoisotopic (exact) mass is 199 g/mol. The maximum Gasteiger partial charge on any atom is 0.179 e. The molecule has 3 nitrogen and oxygen atoms in total. The van der Waals surface area contributed by atoms with Gasteiger partial charge < -0.3 is 15.2 Å². The van der Waals surface area contributed by atoms with Crippen LogP contribution < -0.4 is 15.2 Å². The molecule has 0 saturated heterocycles. The van der Waals surface area contributed by atoms with Gasteiger partial charge in [-0.1, -0.05) is 11.6 Å². The zero-order chi connectivity index (χ0) is 9.26. The van der Waals surface area contributed by atoms with Crippen molar-refractivity contribution in [1.29, 1.82) is 0 Å². The van der Waals surface area contributed by atoms with Gasteiger partial charge in [0, 0.05) is 18.2 Å². The summed E-state index contributed by atoms with van der Waals surface area (Å²) in [5.74, 6) is 1.25. The molecule has 0 aliphatic carbocycles. The zero-order valence-corrected chi connectivity index (χ0v) is 7.80. The second-order valence-electron chi connectivity index (χ2n) is 2.88. The van der Waals surface area contributed by atoms with Crippen LogP contribution in [0.15, 0.2) is 12.1 Å². The van der Waals surface area contributed by atoms with Crippen LogP contribution in [-0.2, 0) is 0 Å². The van der Waals surface area contributed by atoms with E-state index in [1.807, 2.05) is 0 Å². The van der Waals surface area contributed by atoms with Gasteiger partial charge in [-0.15, -0.1) is 0 Å². The van der Waals surface area contributed by atoms with Crippen LogP contribution in [0.2, 0.25) is 5.02 Å². The Balaban J connectivity index is 2.47. The van der Waals surface area contributed by atoms with Gasteiger partial charge in [-0.25, -0.2) is 0 Å². The molecular formula is C9H10ClNO2. The second-order valence-corrected chi connectivity index (χ2v) is 3.29. The smallest absolute Gasteiger partial charge is 0.179 e. The SMILES string of the molecule is Nc1cc(Cl)c2c(c1)OCCCO2. The Labute approximate surface area is 81.4 Å². The van der Waals surface area contributed by atoms with Crippen molar-refractivity contribution in [3.8, 4) is 11.5 Å². The van der Waals surface area contributed by atoms with Crippen molar-refractivity contribution in [1.82, 2.24) is 0 Å². The number of fused-ring (bicyclic) bond motifs is 1. The summed E-state index contributed by atoms with van der Waals surface area (Å²) in [6.07, 6.45) is 0.866. The van der Waals surface area contributed by atoms with Crippen LogP contribution in [0.3, 0.4) is 0 Å². The molecule has 13 heavy (non-hydrogen) atoms. The van der Waals surface area contributed by atoms with Gasteiger partial charge in [0.05, 0.1) is 18.2 Å². The first-order valence-electron chi connectivity index (χ1n) is 4.12. The van der Waals surface area contributed by atoms with Crippen molar-refractivity contribution in [2.75, 3.05) is 18.9 Å². The number of nitrogen functional groups attached to an aromatic ring is 1. The van der Waals surface area contributed by atoms with Gasteiger partial charge in [0.15, 0.2) is 11.5 Å². The minimum atomic E-state index is 0.511. The van der Waals surface area contributed by atoms with Crippen molar-refractivity contribution >= 4 is 17.3 Å². The number of ether oxygens (including phenoxy) is 2. The molecule has 0 radical (unpaired) electrons. The first kappa shape index (κ1) is 8.51. The van der Waals surface area contributed by atoms with Crippen LogP contribution in [0.4, 0.5) is 5.69 Å². The van der Waals surface area contributed by atoms with Gasteiger partial charge >= 0.3 is 0 Å². The highest BCUT2D eigenvalue weighted by Gasteiger charge is 2.14. The summed E-state index contributed by atoms with van der Waals surface area (Å²) in [6.45, 7) is 1.28. The Morgan fingerprint density at radius 3 is 2.85 bits per heavy atom. The zero-order valence-electron chi connectivity index (χ0n) is 7.05. The lowest BCUT2D eigenvalue weighted by Gasteiger charge is -2.09. The van der Waals surface area contributed by atoms with Gasteiger partial charge in [0.25, 0.3) is 0 Å². The van der Waals surface area contributed by atoms with Crippen LogP contribution in [0.25, 0.3) is 0 Å². The molecule has 4 heteroatoms. The average molecular weight is 200 g/mol. The number of anilines is 1. The lowest BCUT2D eigenvalue weighted by atomic mass is 10.3. The summed E-state index contributed by atoms with van der Waals surface area (Å²) in [6, 6.07) is 3.39. The average Bonchev–Trinajstić information content (AvgIpc) is 2.28. The number of nitrogens with two attached hydrogens (primary N) is 1. The highest BCUT2D eigenvalue weighted by atomic mass is 35.5. The third kappa shape index (κ3) is 1.65. The van der Waals surface area contributed by atoms with Crippen molar-refractivity contribution in [3.63, 3.8) is 0 Å². The summed E-state index contributed by atoms with van der Waals surface area (Å²) in [5, 5.41) is 0.511. The molecule has 0 unspecified atom stereocenters. The Hall–Kier alpha value is -1.09. The van der Waals surface area contributed by atoms with Gasteiger partial charge in [-0.2, -0.15) is 0 Å². The van der Waals surface area contributed by atoms with Gasteiger partial charge in [-0.3, -0.25) is 0 Å². The molecular weight excluding hydrogens is 190 g/mol. The molecule has 0 fully saturated rings. The van der Waals surface area contributed by atoms with Crippen molar-refractivity contribution in [3.05, 3.63) is 17.2 Å². The van der Waals surface area contributed by atoms with E-state index >= 15 is 0 Å². The molecule has 2 rings (SSSR count). The molecule has 1 aliphatic heterocycles. The third-order valence-electron chi connectivity index (χ3n) is 1.82. The molecule has 0 spiro atoms. The fraction of sp³-hybridized carbons (Fsp3) is 0.333. The van der Waals surface area contributed by atoms with Gasteiger partial charge in [0.2, 0.25) is 0 Å². The van der Waals surface area contributed by atoms with E-state index in [9.17, 15) is 0 Å².